The zero-order valence-corrected chi connectivity index (χ0v) is 16.5. The molecule has 1 atom stereocenters. The van der Waals surface area contributed by atoms with Gasteiger partial charge in [-0.05, 0) is 38.2 Å². The van der Waals surface area contributed by atoms with Crippen molar-refractivity contribution in [2.24, 2.45) is 0 Å². The maximum Gasteiger partial charge on any atom is 0.407 e. The van der Waals surface area contributed by atoms with E-state index in [1.165, 1.54) is 10.5 Å². The molecule has 28 heavy (non-hydrogen) atoms. The lowest BCUT2D eigenvalue weighted by Gasteiger charge is -2.50. The van der Waals surface area contributed by atoms with Crippen molar-refractivity contribution < 1.29 is 14.7 Å². The minimum atomic E-state index is -0.812. The highest BCUT2D eigenvalue weighted by Crippen LogP contribution is 2.35. The van der Waals surface area contributed by atoms with Crippen LogP contribution in [0, 0.1) is 0 Å². The number of carboxylic acid groups (broad SMARTS) is 1. The highest BCUT2D eigenvalue weighted by atomic mass is 16.4. The van der Waals surface area contributed by atoms with Crippen molar-refractivity contribution in [3.05, 3.63) is 35.9 Å². The second-order valence-corrected chi connectivity index (χ2v) is 8.50. The average molecular weight is 386 g/mol. The van der Waals surface area contributed by atoms with Crippen molar-refractivity contribution in [2.45, 2.75) is 50.2 Å². The summed E-state index contributed by atoms with van der Waals surface area (Å²) in [6, 6.07) is 10.7. The molecule has 3 fully saturated rings. The van der Waals surface area contributed by atoms with Gasteiger partial charge in [-0.2, -0.15) is 0 Å². The van der Waals surface area contributed by atoms with Gasteiger partial charge in [0.2, 0.25) is 0 Å². The van der Waals surface area contributed by atoms with Gasteiger partial charge in [-0.3, -0.25) is 4.90 Å². The summed E-state index contributed by atoms with van der Waals surface area (Å²) in [6.45, 7) is 6.07. The zero-order chi connectivity index (χ0) is 19.7. The minimum absolute atomic E-state index is 0.0493. The number of nitrogens with one attached hydrogen (secondary N) is 1. The molecule has 2 N–H and O–H groups in total. The molecule has 7 nitrogen and oxygen atoms in total. The predicted molar refractivity (Wildman–Crippen MR) is 106 cm³/mol. The number of benzene rings is 1. The van der Waals surface area contributed by atoms with E-state index in [2.05, 4.69) is 34.2 Å². The molecule has 1 aromatic carbocycles. The molecule has 3 heterocycles. The highest BCUT2D eigenvalue weighted by molar-refractivity contribution is 5.77. The molecule has 0 saturated carbocycles. The fourth-order valence-corrected chi connectivity index (χ4v) is 5.07. The van der Waals surface area contributed by atoms with E-state index in [0.717, 1.165) is 38.8 Å². The van der Waals surface area contributed by atoms with Gasteiger partial charge in [-0.15, -0.1) is 0 Å². The van der Waals surface area contributed by atoms with E-state index in [9.17, 15) is 14.7 Å². The maximum atomic E-state index is 12.5. The molecule has 4 rings (SSSR count). The number of hydrogen-bond acceptors (Lipinski definition) is 3. The summed E-state index contributed by atoms with van der Waals surface area (Å²) in [5, 5.41) is 12.2. The first-order chi connectivity index (χ1) is 13.5. The molecule has 0 bridgehead atoms. The van der Waals surface area contributed by atoms with Crippen molar-refractivity contribution in [1.82, 2.24) is 20.0 Å². The Bertz CT molecular complexity index is 710. The zero-order valence-electron chi connectivity index (χ0n) is 16.5. The third kappa shape index (κ3) is 3.55. The van der Waals surface area contributed by atoms with Crippen LogP contribution in [0.1, 0.15) is 44.2 Å². The van der Waals surface area contributed by atoms with Crippen LogP contribution in [0.15, 0.2) is 30.3 Å². The van der Waals surface area contributed by atoms with Crippen molar-refractivity contribution in [3.63, 3.8) is 0 Å². The number of nitrogens with zero attached hydrogens (tertiary/aromatic N) is 3. The Morgan fingerprint density at radius 3 is 2.36 bits per heavy atom. The van der Waals surface area contributed by atoms with Gasteiger partial charge in [0, 0.05) is 44.3 Å². The molecule has 0 unspecified atom stereocenters. The van der Waals surface area contributed by atoms with Gasteiger partial charge in [0.25, 0.3) is 0 Å². The number of urea groups is 1. The van der Waals surface area contributed by atoms with Crippen LogP contribution in [0.25, 0.3) is 0 Å². The van der Waals surface area contributed by atoms with Crippen LogP contribution in [-0.2, 0) is 0 Å². The van der Waals surface area contributed by atoms with Crippen LogP contribution >= 0.6 is 0 Å². The third-order valence-corrected chi connectivity index (χ3v) is 6.93. The fourth-order valence-electron chi connectivity index (χ4n) is 5.07. The first-order valence-electron chi connectivity index (χ1n) is 10.3. The number of piperidine rings is 2. The summed E-state index contributed by atoms with van der Waals surface area (Å²) in [5.41, 5.74) is 1.25. The molecule has 7 heteroatoms. The van der Waals surface area contributed by atoms with Crippen LogP contribution in [0.2, 0.25) is 0 Å². The number of carbonyl (C=O) groups is 2. The van der Waals surface area contributed by atoms with E-state index in [4.69, 9.17) is 0 Å². The lowest BCUT2D eigenvalue weighted by Crippen LogP contribution is -2.58. The van der Waals surface area contributed by atoms with Crippen LogP contribution < -0.4 is 5.32 Å². The van der Waals surface area contributed by atoms with Crippen LogP contribution in [0.3, 0.4) is 0 Å². The quantitative estimate of drug-likeness (QED) is 0.838. The van der Waals surface area contributed by atoms with Crippen molar-refractivity contribution in [3.8, 4) is 0 Å². The Morgan fingerprint density at radius 1 is 1.11 bits per heavy atom. The molecule has 152 valence electrons. The van der Waals surface area contributed by atoms with E-state index in [-0.39, 0.29) is 23.7 Å². The van der Waals surface area contributed by atoms with Crippen molar-refractivity contribution in [1.29, 1.82) is 0 Å². The van der Waals surface area contributed by atoms with Gasteiger partial charge < -0.3 is 20.2 Å². The summed E-state index contributed by atoms with van der Waals surface area (Å²) < 4.78 is 0. The average Bonchev–Trinajstić information content (AvgIpc) is 3.10. The Labute approximate surface area is 166 Å². The summed E-state index contributed by atoms with van der Waals surface area (Å²) >= 11 is 0. The van der Waals surface area contributed by atoms with Crippen LogP contribution in [-0.4, -0.2) is 76.2 Å². The van der Waals surface area contributed by atoms with Gasteiger partial charge in [0.1, 0.15) is 0 Å². The van der Waals surface area contributed by atoms with E-state index < -0.39 is 6.09 Å². The smallest absolute Gasteiger partial charge is 0.407 e. The molecular weight excluding hydrogens is 356 g/mol. The van der Waals surface area contributed by atoms with Gasteiger partial charge in [0.15, 0.2) is 0 Å². The normalized spacial score (nSPS) is 26.3. The Morgan fingerprint density at radius 2 is 1.75 bits per heavy atom. The van der Waals surface area contributed by atoms with Gasteiger partial charge in [0.05, 0.1) is 6.04 Å². The molecule has 3 amide bonds. The number of rotatable bonds is 3. The number of likely N-dealkylation sites (tertiary alicyclic amines) is 2. The predicted octanol–water partition coefficient (Wildman–Crippen LogP) is 2.75. The van der Waals surface area contributed by atoms with E-state index in [1.807, 2.05) is 18.2 Å². The third-order valence-electron chi connectivity index (χ3n) is 6.93. The lowest BCUT2D eigenvalue weighted by molar-refractivity contribution is 0.00624. The van der Waals surface area contributed by atoms with E-state index >= 15 is 0 Å². The number of hydrogen-bond donors (Lipinski definition) is 2. The van der Waals surface area contributed by atoms with E-state index in [1.54, 1.807) is 0 Å². The van der Waals surface area contributed by atoms with E-state index in [0.29, 0.717) is 19.6 Å². The van der Waals surface area contributed by atoms with Crippen molar-refractivity contribution in [2.75, 3.05) is 32.7 Å². The van der Waals surface area contributed by atoms with Gasteiger partial charge in [-0.25, -0.2) is 9.59 Å². The number of carbonyl (C=O) groups excluding carboxylic acids is 1. The maximum absolute atomic E-state index is 12.5. The molecule has 3 saturated heterocycles. The fraction of sp³-hybridized carbons (Fsp3) is 0.619. The molecule has 0 spiro atoms. The Hall–Kier alpha value is -2.28. The topological polar surface area (TPSA) is 76.1 Å². The SMILES string of the molecule is CC1(N2CCC(N3C(=O)NC[C@H]3c3ccccc3)CC2)CCN(C(=O)O)CC1. The lowest BCUT2D eigenvalue weighted by atomic mass is 9.85. The molecule has 0 radical (unpaired) electrons. The standard InChI is InChI=1S/C21H30N4O3/c1-21(9-13-23(14-10-21)20(27)28)24-11-7-17(8-12-24)25-18(15-22-19(25)26)16-5-3-2-4-6-16/h2-6,17-18H,7-15H2,1H3,(H,22,26)(H,27,28)/t18-/m0/s1. The minimum Gasteiger partial charge on any atom is -0.465 e. The van der Waals surface area contributed by atoms with Crippen LogP contribution in [0.4, 0.5) is 9.59 Å². The summed E-state index contributed by atoms with van der Waals surface area (Å²) in [5.74, 6) is 0. The van der Waals surface area contributed by atoms with Gasteiger partial charge in [-0.1, -0.05) is 30.3 Å². The Balaban J connectivity index is 1.38. The monoisotopic (exact) mass is 386 g/mol. The molecule has 0 aliphatic carbocycles. The summed E-state index contributed by atoms with van der Waals surface area (Å²) in [6.07, 6.45) is 2.87. The second kappa shape index (κ2) is 7.62. The Kier molecular flexibility index (Phi) is 5.19. The molecular formula is C21H30N4O3. The summed E-state index contributed by atoms with van der Waals surface area (Å²) in [7, 11) is 0. The highest BCUT2D eigenvalue weighted by Gasteiger charge is 2.42. The van der Waals surface area contributed by atoms with Crippen molar-refractivity contribution >= 4 is 12.1 Å². The molecule has 1 aromatic rings. The molecule has 0 aromatic heterocycles. The molecule has 3 aliphatic rings. The summed E-state index contributed by atoms with van der Waals surface area (Å²) in [4.78, 5) is 29.8. The first kappa shape index (κ1) is 19.1. The molecule has 3 aliphatic heterocycles. The largest absolute Gasteiger partial charge is 0.465 e. The second-order valence-electron chi connectivity index (χ2n) is 8.50. The van der Waals surface area contributed by atoms with Crippen LogP contribution in [0.5, 0.6) is 0 Å². The number of amides is 3. The first-order valence-corrected chi connectivity index (χ1v) is 10.3. The van der Waals surface area contributed by atoms with Gasteiger partial charge >= 0.3 is 12.1 Å².